The fraction of sp³-hybridized carbons (Fsp3) is 0.714. The Hall–Kier alpha value is -1.36. The van der Waals surface area contributed by atoms with Gasteiger partial charge in [0.15, 0.2) is 5.82 Å². The molecule has 1 fully saturated rings. The van der Waals surface area contributed by atoms with Crippen LogP contribution in [0.3, 0.4) is 0 Å². The van der Waals surface area contributed by atoms with Gasteiger partial charge in [-0.1, -0.05) is 13.3 Å². The maximum absolute atomic E-state index is 12.1. The number of hydrogen-bond acceptors (Lipinski definition) is 4. The predicted molar refractivity (Wildman–Crippen MR) is 75.6 cm³/mol. The van der Waals surface area contributed by atoms with Gasteiger partial charge in [0.1, 0.15) is 0 Å². The number of nitrogens with one attached hydrogen (secondary N) is 1. The van der Waals surface area contributed by atoms with E-state index in [0.717, 1.165) is 51.9 Å². The zero-order chi connectivity index (χ0) is 13.5. The van der Waals surface area contributed by atoms with Gasteiger partial charge < -0.3 is 14.6 Å². The minimum Gasteiger partial charge on any atom is -0.381 e. The molecule has 0 atom stereocenters. The van der Waals surface area contributed by atoms with Crippen molar-refractivity contribution in [1.29, 1.82) is 0 Å². The first kappa shape index (κ1) is 14.1. The summed E-state index contributed by atoms with van der Waals surface area (Å²) in [5.74, 6) is 0.461. The van der Waals surface area contributed by atoms with Crippen molar-refractivity contribution in [3.05, 3.63) is 22.7 Å². The second-order valence-electron chi connectivity index (χ2n) is 4.97. The van der Waals surface area contributed by atoms with Gasteiger partial charge in [-0.05, 0) is 25.7 Å². The fourth-order valence-electron chi connectivity index (χ4n) is 1.92. The minimum absolute atomic E-state index is 0.00287. The van der Waals surface area contributed by atoms with E-state index in [4.69, 9.17) is 4.74 Å². The van der Waals surface area contributed by atoms with E-state index < -0.39 is 0 Å². The molecule has 0 saturated heterocycles. The second-order valence-corrected chi connectivity index (χ2v) is 4.97. The number of anilines is 1. The molecular formula is C14H23N3O2. The van der Waals surface area contributed by atoms with Crippen LogP contribution >= 0.6 is 0 Å². The van der Waals surface area contributed by atoms with Crippen molar-refractivity contribution in [2.75, 3.05) is 25.1 Å². The van der Waals surface area contributed by atoms with Gasteiger partial charge in [0.2, 0.25) is 0 Å². The van der Waals surface area contributed by atoms with Crippen molar-refractivity contribution in [3.63, 3.8) is 0 Å². The van der Waals surface area contributed by atoms with Crippen LogP contribution in [0.2, 0.25) is 0 Å². The molecule has 0 spiro atoms. The van der Waals surface area contributed by atoms with Gasteiger partial charge >= 0.3 is 0 Å². The number of ether oxygens (including phenoxy) is 1. The van der Waals surface area contributed by atoms with E-state index in [1.54, 1.807) is 17.0 Å². The third kappa shape index (κ3) is 4.35. The van der Waals surface area contributed by atoms with E-state index in [1.165, 1.54) is 0 Å². The Morgan fingerprint density at radius 1 is 1.42 bits per heavy atom. The molecule has 1 N–H and O–H groups in total. The average molecular weight is 265 g/mol. The Bertz CT molecular complexity index is 441. The van der Waals surface area contributed by atoms with Crippen LogP contribution in [0.25, 0.3) is 0 Å². The van der Waals surface area contributed by atoms with E-state index in [0.29, 0.717) is 11.9 Å². The zero-order valence-electron chi connectivity index (χ0n) is 11.6. The topological polar surface area (TPSA) is 56.1 Å². The number of aromatic nitrogens is 2. The molecular weight excluding hydrogens is 242 g/mol. The molecule has 1 heterocycles. The van der Waals surface area contributed by atoms with E-state index in [2.05, 4.69) is 17.2 Å². The highest BCUT2D eigenvalue weighted by atomic mass is 16.5. The first-order valence-corrected chi connectivity index (χ1v) is 7.21. The van der Waals surface area contributed by atoms with E-state index >= 15 is 0 Å². The standard InChI is InChI=1S/C14H23N3O2/c1-2-3-10-19-11-4-7-15-13-14(18)17(9-8-16-13)12-5-6-12/h8-9,12H,2-7,10-11H2,1H3,(H,15,16). The molecule has 0 unspecified atom stereocenters. The molecule has 1 aromatic heterocycles. The highest BCUT2D eigenvalue weighted by molar-refractivity contribution is 5.30. The lowest BCUT2D eigenvalue weighted by atomic mass is 10.3. The summed E-state index contributed by atoms with van der Waals surface area (Å²) in [6.07, 6.45) is 8.85. The summed E-state index contributed by atoms with van der Waals surface area (Å²) in [6.45, 7) is 4.44. The highest BCUT2D eigenvalue weighted by Gasteiger charge is 2.25. The lowest BCUT2D eigenvalue weighted by Gasteiger charge is -2.08. The lowest BCUT2D eigenvalue weighted by molar-refractivity contribution is 0.131. The van der Waals surface area contributed by atoms with Crippen LogP contribution in [-0.4, -0.2) is 29.3 Å². The van der Waals surface area contributed by atoms with Gasteiger partial charge in [0.05, 0.1) is 0 Å². The number of rotatable bonds is 9. The minimum atomic E-state index is -0.00287. The van der Waals surface area contributed by atoms with Crippen molar-refractivity contribution in [2.45, 2.75) is 45.1 Å². The Morgan fingerprint density at radius 3 is 2.95 bits per heavy atom. The van der Waals surface area contributed by atoms with Crippen LogP contribution in [0.5, 0.6) is 0 Å². The highest BCUT2D eigenvalue weighted by Crippen LogP contribution is 2.33. The molecule has 5 nitrogen and oxygen atoms in total. The summed E-state index contributed by atoms with van der Waals surface area (Å²) in [4.78, 5) is 16.2. The SMILES string of the molecule is CCCCOCCCNc1nccn(C2CC2)c1=O. The fourth-order valence-corrected chi connectivity index (χ4v) is 1.92. The van der Waals surface area contributed by atoms with Crippen molar-refractivity contribution < 1.29 is 4.74 Å². The molecule has 106 valence electrons. The van der Waals surface area contributed by atoms with Gasteiger partial charge in [-0.25, -0.2) is 4.98 Å². The Kier molecular flexibility index (Phi) is 5.39. The van der Waals surface area contributed by atoms with E-state index in [-0.39, 0.29) is 5.56 Å². The monoisotopic (exact) mass is 265 g/mol. The van der Waals surface area contributed by atoms with Gasteiger partial charge in [-0.15, -0.1) is 0 Å². The summed E-state index contributed by atoms with van der Waals surface area (Å²) in [6, 6.07) is 0.397. The first-order chi connectivity index (χ1) is 9.33. The van der Waals surface area contributed by atoms with Gasteiger partial charge in [-0.2, -0.15) is 0 Å². The van der Waals surface area contributed by atoms with Gasteiger partial charge in [-0.3, -0.25) is 4.79 Å². The Labute approximate surface area is 114 Å². The summed E-state index contributed by atoms with van der Waals surface area (Å²) in [5.41, 5.74) is -0.00287. The molecule has 0 aromatic carbocycles. The van der Waals surface area contributed by atoms with Crippen LogP contribution in [0.1, 0.15) is 45.1 Å². The largest absolute Gasteiger partial charge is 0.381 e. The van der Waals surface area contributed by atoms with Gasteiger partial charge in [0, 0.05) is 38.2 Å². The van der Waals surface area contributed by atoms with Gasteiger partial charge in [0.25, 0.3) is 5.56 Å². The molecule has 0 bridgehead atoms. The van der Waals surface area contributed by atoms with Crippen LogP contribution in [-0.2, 0) is 4.74 Å². The van der Waals surface area contributed by atoms with E-state index in [9.17, 15) is 4.79 Å². The molecule has 1 saturated carbocycles. The third-order valence-corrected chi connectivity index (χ3v) is 3.21. The molecule has 19 heavy (non-hydrogen) atoms. The predicted octanol–water partition coefficient (Wildman–Crippen LogP) is 2.20. The molecule has 5 heteroatoms. The summed E-state index contributed by atoms with van der Waals surface area (Å²) < 4.78 is 7.26. The quantitative estimate of drug-likeness (QED) is 0.695. The Morgan fingerprint density at radius 2 is 2.21 bits per heavy atom. The lowest BCUT2D eigenvalue weighted by Crippen LogP contribution is -2.24. The number of nitrogens with zero attached hydrogens (tertiary/aromatic N) is 2. The van der Waals surface area contributed by atoms with Crippen molar-refractivity contribution >= 4 is 5.82 Å². The summed E-state index contributed by atoms with van der Waals surface area (Å²) >= 11 is 0. The van der Waals surface area contributed by atoms with Crippen molar-refractivity contribution in [3.8, 4) is 0 Å². The molecule has 0 radical (unpaired) electrons. The zero-order valence-corrected chi connectivity index (χ0v) is 11.6. The van der Waals surface area contributed by atoms with Crippen LogP contribution < -0.4 is 10.9 Å². The number of hydrogen-bond donors (Lipinski definition) is 1. The maximum atomic E-state index is 12.1. The van der Waals surface area contributed by atoms with Crippen molar-refractivity contribution in [2.24, 2.45) is 0 Å². The normalized spacial score (nSPS) is 14.6. The molecule has 1 aliphatic carbocycles. The second kappa shape index (κ2) is 7.28. The first-order valence-electron chi connectivity index (χ1n) is 7.21. The molecule has 2 rings (SSSR count). The van der Waals surface area contributed by atoms with E-state index in [1.807, 2.05) is 0 Å². The maximum Gasteiger partial charge on any atom is 0.293 e. The van der Waals surface area contributed by atoms with Crippen molar-refractivity contribution in [1.82, 2.24) is 9.55 Å². The third-order valence-electron chi connectivity index (χ3n) is 3.21. The van der Waals surface area contributed by atoms with Crippen LogP contribution in [0.15, 0.2) is 17.2 Å². The molecule has 0 amide bonds. The Balaban J connectivity index is 1.71. The molecule has 1 aliphatic rings. The van der Waals surface area contributed by atoms with Crippen LogP contribution in [0, 0.1) is 0 Å². The van der Waals surface area contributed by atoms with Crippen LogP contribution in [0.4, 0.5) is 5.82 Å². The molecule has 1 aromatic rings. The molecule has 0 aliphatic heterocycles. The summed E-state index contributed by atoms with van der Waals surface area (Å²) in [7, 11) is 0. The summed E-state index contributed by atoms with van der Waals surface area (Å²) in [5, 5.41) is 3.10. The average Bonchev–Trinajstić information content (AvgIpc) is 3.24. The smallest absolute Gasteiger partial charge is 0.293 e. The number of unbranched alkanes of at least 4 members (excludes halogenated alkanes) is 1.